The number of ether oxygens (including phenoxy) is 1. The molecule has 5 aromatic rings. The Morgan fingerprint density at radius 2 is 1.73 bits per heavy atom. The van der Waals surface area contributed by atoms with E-state index in [1.807, 2.05) is 0 Å². The number of aromatic nitrogens is 3. The van der Waals surface area contributed by atoms with Gasteiger partial charge in [-0.25, -0.2) is 27.1 Å². The molecule has 1 N–H and O–H groups in total. The summed E-state index contributed by atoms with van der Waals surface area (Å²) in [5.74, 6) is -1.28. The first kappa shape index (κ1) is 27.8. The van der Waals surface area contributed by atoms with Gasteiger partial charge in [0, 0.05) is 35.0 Å². The van der Waals surface area contributed by atoms with E-state index in [1.165, 1.54) is 49.6 Å². The van der Waals surface area contributed by atoms with Crippen molar-refractivity contribution in [2.45, 2.75) is 18.0 Å². The van der Waals surface area contributed by atoms with Gasteiger partial charge >= 0.3 is 6.18 Å². The van der Waals surface area contributed by atoms with Crippen LogP contribution in [0.25, 0.3) is 22.0 Å². The second-order valence-electron chi connectivity index (χ2n) is 8.94. The van der Waals surface area contributed by atoms with Crippen LogP contribution in [-0.2, 0) is 16.2 Å². The second-order valence-corrected chi connectivity index (χ2v) is 10.7. The minimum absolute atomic E-state index is 0.0852. The third-order valence-corrected chi connectivity index (χ3v) is 7.93. The first-order valence-corrected chi connectivity index (χ1v) is 13.3. The molecule has 5 rings (SSSR count). The average molecular weight is 585 g/mol. The number of fused-ring (bicyclic) bond motifs is 1. The molecule has 3 aromatic carbocycles. The number of H-pyrrole nitrogens is 1. The SMILES string of the molecule is COc1cc(-c2cccc(C(F)(F)F)c2)c(F)cc1N(c1cc(C)ncn1)S(=O)(=O)c1ccc2[nH]c(=O)ccc2c1. The molecule has 0 atom stereocenters. The minimum atomic E-state index is -4.65. The van der Waals surface area contributed by atoms with Crippen molar-refractivity contribution < 1.29 is 30.7 Å². The highest BCUT2D eigenvalue weighted by molar-refractivity contribution is 7.93. The molecular formula is C28H20F4N4O4S. The Hall–Kier alpha value is -4.78. The quantitative estimate of drug-likeness (QED) is 0.246. The number of anilines is 2. The maximum atomic E-state index is 15.6. The smallest absolute Gasteiger partial charge is 0.416 e. The minimum Gasteiger partial charge on any atom is -0.495 e. The lowest BCUT2D eigenvalue weighted by Crippen LogP contribution is -2.28. The molecule has 0 saturated carbocycles. The number of hydrogen-bond acceptors (Lipinski definition) is 6. The van der Waals surface area contributed by atoms with Crippen LogP contribution in [0.2, 0.25) is 0 Å². The highest BCUT2D eigenvalue weighted by atomic mass is 32.2. The van der Waals surface area contributed by atoms with Crippen LogP contribution in [0, 0.1) is 12.7 Å². The molecule has 13 heteroatoms. The van der Waals surface area contributed by atoms with Crippen molar-refractivity contribution in [2.75, 3.05) is 11.4 Å². The van der Waals surface area contributed by atoms with E-state index in [1.54, 1.807) is 6.92 Å². The number of pyridine rings is 1. The van der Waals surface area contributed by atoms with Crippen LogP contribution in [0.1, 0.15) is 11.3 Å². The zero-order valence-corrected chi connectivity index (χ0v) is 22.2. The van der Waals surface area contributed by atoms with Crippen LogP contribution in [0.3, 0.4) is 0 Å². The number of aromatic amines is 1. The van der Waals surface area contributed by atoms with Gasteiger partial charge in [-0.15, -0.1) is 0 Å². The normalized spacial score (nSPS) is 12.0. The molecule has 0 aliphatic rings. The van der Waals surface area contributed by atoms with Crippen molar-refractivity contribution >= 4 is 32.4 Å². The molecule has 2 aromatic heterocycles. The molecule has 0 aliphatic heterocycles. The number of nitrogens with one attached hydrogen (secondary N) is 1. The monoisotopic (exact) mass is 584 g/mol. The molecule has 8 nitrogen and oxygen atoms in total. The highest BCUT2D eigenvalue weighted by Crippen LogP contribution is 2.42. The Kier molecular flexibility index (Phi) is 6.99. The molecule has 0 unspecified atom stereocenters. The van der Waals surface area contributed by atoms with Gasteiger partial charge in [-0.2, -0.15) is 13.2 Å². The van der Waals surface area contributed by atoms with Gasteiger partial charge in [0.25, 0.3) is 10.0 Å². The van der Waals surface area contributed by atoms with Crippen LogP contribution < -0.4 is 14.6 Å². The van der Waals surface area contributed by atoms with Gasteiger partial charge in [-0.1, -0.05) is 12.1 Å². The number of sulfonamides is 1. The summed E-state index contributed by atoms with van der Waals surface area (Å²) >= 11 is 0. The number of rotatable bonds is 6. The van der Waals surface area contributed by atoms with E-state index < -0.39 is 27.6 Å². The maximum Gasteiger partial charge on any atom is 0.416 e. The molecule has 0 amide bonds. The van der Waals surface area contributed by atoms with Gasteiger partial charge in [-0.3, -0.25) is 4.79 Å². The van der Waals surface area contributed by atoms with E-state index in [9.17, 15) is 26.4 Å². The predicted molar refractivity (Wildman–Crippen MR) is 144 cm³/mol. The van der Waals surface area contributed by atoms with Crippen LogP contribution in [0.15, 0.2) is 88.8 Å². The third-order valence-electron chi connectivity index (χ3n) is 6.22. The lowest BCUT2D eigenvalue weighted by atomic mass is 10.0. The van der Waals surface area contributed by atoms with Crippen LogP contribution in [0.4, 0.5) is 29.1 Å². The fourth-order valence-electron chi connectivity index (χ4n) is 4.28. The van der Waals surface area contributed by atoms with Gasteiger partial charge in [-0.05, 0) is 60.3 Å². The third kappa shape index (κ3) is 5.35. The summed E-state index contributed by atoms with van der Waals surface area (Å²) in [6.07, 6.45) is -3.52. The number of hydrogen-bond donors (Lipinski definition) is 1. The van der Waals surface area contributed by atoms with Gasteiger partial charge in [0.05, 0.1) is 17.6 Å². The number of benzene rings is 3. The Labute approximate surface area is 230 Å². The number of methoxy groups -OCH3 is 1. The Balaban J connectivity index is 1.72. The molecule has 0 fully saturated rings. The lowest BCUT2D eigenvalue weighted by molar-refractivity contribution is -0.137. The molecule has 2 heterocycles. The van der Waals surface area contributed by atoms with Crippen molar-refractivity contribution in [3.05, 3.63) is 107 Å². The maximum absolute atomic E-state index is 15.6. The van der Waals surface area contributed by atoms with E-state index >= 15 is 4.39 Å². The molecule has 0 spiro atoms. The standard InChI is InChI=1S/C28H20F4N4O4S/c1-16-10-26(34-15-33-16)36(41(38,39)20-7-8-23-18(12-20)6-9-27(37)35-23)24-14-22(29)21(13-25(24)40-2)17-4-3-5-19(11-17)28(30,31)32/h3-15H,1-2H3,(H,35,37). The van der Waals surface area contributed by atoms with E-state index in [-0.39, 0.29) is 38.8 Å². The Morgan fingerprint density at radius 1 is 0.951 bits per heavy atom. The van der Waals surface area contributed by atoms with Crippen LogP contribution in [-0.4, -0.2) is 30.5 Å². The summed E-state index contributed by atoms with van der Waals surface area (Å²) in [6.45, 7) is 1.61. The van der Waals surface area contributed by atoms with Crippen molar-refractivity contribution in [3.63, 3.8) is 0 Å². The van der Waals surface area contributed by atoms with Crippen molar-refractivity contribution in [3.8, 4) is 16.9 Å². The van der Waals surface area contributed by atoms with E-state index in [2.05, 4.69) is 15.0 Å². The number of alkyl halides is 3. The van der Waals surface area contributed by atoms with Gasteiger partial charge in [0.1, 0.15) is 23.6 Å². The summed E-state index contributed by atoms with van der Waals surface area (Å²) in [5, 5.41) is 0.419. The van der Waals surface area contributed by atoms with Crippen molar-refractivity contribution in [1.82, 2.24) is 15.0 Å². The number of aryl methyl sites for hydroxylation is 1. The first-order chi connectivity index (χ1) is 19.4. The number of halogens is 4. The fourth-order valence-corrected chi connectivity index (χ4v) is 5.75. The summed E-state index contributed by atoms with van der Waals surface area (Å²) in [6, 6.07) is 14.2. The fraction of sp³-hybridized carbons (Fsp3) is 0.107. The van der Waals surface area contributed by atoms with E-state index in [4.69, 9.17) is 4.74 Å². The van der Waals surface area contributed by atoms with Gasteiger partial charge in [0.2, 0.25) is 5.56 Å². The summed E-state index contributed by atoms with van der Waals surface area (Å²) in [4.78, 5) is 22.2. The predicted octanol–water partition coefficient (Wildman–Crippen LogP) is 5.99. The summed E-state index contributed by atoms with van der Waals surface area (Å²) in [5.41, 5.74) is -1.13. The van der Waals surface area contributed by atoms with Crippen molar-refractivity contribution in [1.29, 1.82) is 0 Å². The zero-order valence-electron chi connectivity index (χ0n) is 21.4. The van der Waals surface area contributed by atoms with Gasteiger partial charge in [0.15, 0.2) is 5.82 Å². The second kappa shape index (κ2) is 10.3. The summed E-state index contributed by atoms with van der Waals surface area (Å²) < 4.78 is 90.0. The van der Waals surface area contributed by atoms with Crippen molar-refractivity contribution in [2.24, 2.45) is 0 Å². The largest absolute Gasteiger partial charge is 0.495 e. The zero-order chi connectivity index (χ0) is 29.5. The van der Waals surface area contributed by atoms with Crippen LogP contribution in [0.5, 0.6) is 5.75 Å². The first-order valence-electron chi connectivity index (χ1n) is 11.9. The topological polar surface area (TPSA) is 105 Å². The lowest BCUT2D eigenvalue weighted by Gasteiger charge is -2.26. The van der Waals surface area contributed by atoms with E-state index in [0.717, 1.165) is 41.0 Å². The molecule has 0 bridgehead atoms. The van der Waals surface area contributed by atoms with Gasteiger partial charge < -0.3 is 9.72 Å². The molecular weight excluding hydrogens is 564 g/mol. The van der Waals surface area contributed by atoms with E-state index in [0.29, 0.717) is 16.6 Å². The Bertz CT molecular complexity index is 1960. The highest BCUT2D eigenvalue weighted by Gasteiger charge is 2.33. The molecule has 0 radical (unpaired) electrons. The number of nitrogens with zero attached hydrogens (tertiary/aromatic N) is 3. The Morgan fingerprint density at radius 3 is 2.44 bits per heavy atom. The molecule has 0 aliphatic carbocycles. The summed E-state index contributed by atoms with van der Waals surface area (Å²) in [7, 11) is -3.31. The molecule has 210 valence electrons. The molecule has 41 heavy (non-hydrogen) atoms. The molecule has 0 saturated heterocycles. The van der Waals surface area contributed by atoms with Crippen LogP contribution >= 0.6 is 0 Å². The average Bonchev–Trinajstić information content (AvgIpc) is 2.92.